The molecule has 2 aromatic rings. The molecule has 1 aromatic carbocycles. The van der Waals surface area contributed by atoms with Crippen LogP contribution in [0.15, 0.2) is 24.3 Å². The Morgan fingerprint density at radius 1 is 1.38 bits per heavy atom. The Morgan fingerprint density at radius 3 is 2.86 bits per heavy atom. The van der Waals surface area contributed by atoms with Crippen LogP contribution in [-0.4, -0.2) is 27.4 Å². The zero-order valence-corrected chi connectivity index (χ0v) is 12.4. The van der Waals surface area contributed by atoms with Crippen molar-refractivity contribution in [3.63, 3.8) is 0 Å². The number of imide groups is 1. The van der Waals surface area contributed by atoms with Crippen LogP contribution >= 0.6 is 11.3 Å². The third kappa shape index (κ3) is 1.93. The van der Waals surface area contributed by atoms with Gasteiger partial charge in [-0.05, 0) is 37.8 Å². The van der Waals surface area contributed by atoms with E-state index in [0.29, 0.717) is 0 Å². The Balaban J connectivity index is 1.61. The number of amides is 3. The predicted molar refractivity (Wildman–Crippen MR) is 79.8 cm³/mol. The number of rotatable bonds is 3. The fourth-order valence-electron chi connectivity index (χ4n) is 2.92. The molecular formula is C15H15N3O2S. The fourth-order valence-corrected chi connectivity index (χ4v) is 3.88. The van der Waals surface area contributed by atoms with Crippen molar-refractivity contribution in [1.29, 1.82) is 0 Å². The summed E-state index contributed by atoms with van der Waals surface area (Å²) in [7, 11) is 0. The summed E-state index contributed by atoms with van der Waals surface area (Å²) in [5.41, 5.74) is 0.197. The molecule has 3 amide bonds. The molecule has 1 saturated carbocycles. The molecule has 2 fully saturated rings. The Hall–Kier alpha value is -1.95. The van der Waals surface area contributed by atoms with Gasteiger partial charge in [0.25, 0.3) is 5.91 Å². The van der Waals surface area contributed by atoms with Crippen LogP contribution < -0.4 is 5.32 Å². The number of hydrogen-bond donors (Lipinski definition) is 1. The lowest BCUT2D eigenvalue weighted by atomic mass is 9.96. The molecule has 1 N–H and O–H groups in total. The van der Waals surface area contributed by atoms with Gasteiger partial charge in [-0.15, -0.1) is 11.3 Å². The van der Waals surface area contributed by atoms with Crippen LogP contribution in [0.4, 0.5) is 4.79 Å². The lowest BCUT2D eigenvalue weighted by molar-refractivity contribution is -0.131. The number of aromatic nitrogens is 1. The molecule has 6 heteroatoms. The van der Waals surface area contributed by atoms with Crippen LogP contribution in [0.1, 0.15) is 24.8 Å². The van der Waals surface area contributed by atoms with E-state index in [-0.39, 0.29) is 24.4 Å². The van der Waals surface area contributed by atoms with E-state index in [2.05, 4.69) is 10.3 Å². The molecule has 0 spiro atoms. The number of nitrogens with one attached hydrogen (secondary N) is 1. The highest BCUT2D eigenvalue weighted by molar-refractivity contribution is 7.18. The second-order valence-corrected chi connectivity index (χ2v) is 6.99. The van der Waals surface area contributed by atoms with E-state index < -0.39 is 5.54 Å². The smallest absolute Gasteiger partial charge is 0.323 e. The van der Waals surface area contributed by atoms with Crippen LogP contribution in [-0.2, 0) is 11.3 Å². The Morgan fingerprint density at radius 2 is 2.14 bits per heavy atom. The lowest BCUT2D eigenvalue weighted by Gasteiger charge is -2.20. The van der Waals surface area contributed by atoms with Crippen molar-refractivity contribution >= 4 is 33.5 Å². The number of benzene rings is 1. The summed E-state index contributed by atoms with van der Waals surface area (Å²) < 4.78 is 1.07. The molecule has 0 bridgehead atoms. The summed E-state index contributed by atoms with van der Waals surface area (Å²) >= 11 is 1.53. The molecule has 5 nitrogen and oxygen atoms in total. The van der Waals surface area contributed by atoms with Crippen molar-refractivity contribution in [2.75, 3.05) is 0 Å². The van der Waals surface area contributed by atoms with Gasteiger partial charge in [-0.1, -0.05) is 12.1 Å². The first-order valence-corrected chi connectivity index (χ1v) is 7.88. The van der Waals surface area contributed by atoms with E-state index in [0.717, 1.165) is 28.1 Å². The molecule has 0 unspecified atom stereocenters. The van der Waals surface area contributed by atoms with Gasteiger partial charge in [0.15, 0.2) is 0 Å². The zero-order valence-electron chi connectivity index (χ0n) is 11.6. The van der Waals surface area contributed by atoms with Gasteiger partial charge >= 0.3 is 6.03 Å². The number of hydrogen-bond acceptors (Lipinski definition) is 4. The van der Waals surface area contributed by atoms with E-state index >= 15 is 0 Å². The van der Waals surface area contributed by atoms with Gasteiger partial charge in [0, 0.05) is 0 Å². The summed E-state index contributed by atoms with van der Waals surface area (Å²) in [6, 6.07) is 7.53. The maximum Gasteiger partial charge on any atom is 0.325 e. The number of carbonyl (C=O) groups excluding carboxylic acids is 2. The summed E-state index contributed by atoms with van der Waals surface area (Å²) in [5.74, 6) is 0.170. The maximum absolute atomic E-state index is 12.6. The van der Waals surface area contributed by atoms with Crippen LogP contribution in [0.2, 0.25) is 0 Å². The zero-order chi connectivity index (χ0) is 14.6. The van der Waals surface area contributed by atoms with Gasteiger partial charge in [-0.25, -0.2) is 9.78 Å². The van der Waals surface area contributed by atoms with E-state index in [1.165, 1.54) is 16.2 Å². The summed E-state index contributed by atoms with van der Waals surface area (Å²) in [6.07, 6.45) is 2.02. The highest BCUT2D eigenvalue weighted by Gasteiger charge is 2.55. The minimum Gasteiger partial charge on any atom is -0.323 e. The number of para-hydroxylation sites is 1. The summed E-state index contributed by atoms with van der Waals surface area (Å²) in [4.78, 5) is 30.5. The van der Waals surface area contributed by atoms with E-state index in [1.807, 2.05) is 31.2 Å². The second-order valence-electron chi connectivity index (χ2n) is 5.87. The minimum absolute atomic E-state index is 0.116. The molecule has 2 aliphatic rings. The molecule has 1 aromatic heterocycles. The maximum atomic E-state index is 12.6. The Labute approximate surface area is 126 Å². The molecule has 2 heterocycles. The Bertz CT molecular complexity index is 719. The number of carbonyl (C=O) groups is 2. The molecule has 1 aliphatic carbocycles. The fraction of sp³-hybridized carbons (Fsp3) is 0.400. The highest BCUT2D eigenvalue weighted by atomic mass is 32.1. The molecule has 0 radical (unpaired) electrons. The number of urea groups is 1. The van der Waals surface area contributed by atoms with Crippen LogP contribution in [0.25, 0.3) is 10.2 Å². The topological polar surface area (TPSA) is 62.3 Å². The second kappa shape index (κ2) is 4.27. The van der Waals surface area contributed by atoms with Crippen molar-refractivity contribution in [3.8, 4) is 0 Å². The molecule has 4 rings (SSSR count). The average molecular weight is 301 g/mol. The lowest BCUT2D eigenvalue weighted by Crippen LogP contribution is -2.46. The van der Waals surface area contributed by atoms with Gasteiger partial charge in [0.2, 0.25) is 0 Å². The first kappa shape index (κ1) is 12.8. The van der Waals surface area contributed by atoms with Crippen molar-refractivity contribution in [3.05, 3.63) is 29.3 Å². The third-order valence-electron chi connectivity index (χ3n) is 4.33. The van der Waals surface area contributed by atoms with Gasteiger partial charge in [-0.2, -0.15) is 0 Å². The van der Waals surface area contributed by atoms with Crippen molar-refractivity contribution in [2.24, 2.45) is 5.92 Å². The highest BCUT2D eigenvalue weighted by Crippen LogP contribution is 2.43. The molecule has 108 valence electrons. The quantitative estimate of drug-likeness (QED) is 0.886. The summed E-state index contributed by atoms with van der Waals surface area (Å²) in [6.45, 7) is 2.09. The Kier molecular flexibility index (Phi) is 2.60. The van der Waals surface area contributed by atoms with Crippen molar-refractivity contribution < 1.29 is 9.59 Å². The van der Waals surface area contributed by atoms with E-state index in [4.69, 9.17) is 0 Å². The normalized spacial score (nSPS) is 25.7. The molecule has 21 heavy (non-hydrogen) atoms. The van der Waals surface area contributed by atoms with Gasteiger partial charge < -0.3 is 5.32 Å². The largest absolute Gasteiger partial charge is 0.325 e. The van der Waals surface area contributed by atoms with E-state index in [9.17, 15) is 9.59 Å². The predicted octanol–water partition coefficient (Wildman–Crippen LogP) is 2.52. The number of thiazole rings is 1. The SMILES string of the molecule is C[C@]1(C2CC2)NC(=O)N(Cc2nc3ccccc3s2)C1=O. The minimum atomic E-state index is -0.715. The molecule has 1 aliphatic heterocycles. The van der Waals surface area contributed by atoms with E-state index in [1.54, 1.807) is 0 Å². The van der Waals surface area contributed by atoms with Crippen LogP contribution in [0.5, 0.6) is 0 Å². The van der Waals surface area contributed by atoms with Crippen molar-refractivity contribution in [2.45, 2.75) is 31.8 Å². The molecular weight excluding hydrogens is 286 g/mol. The number of nitrogens with zero attached hydrogens (tertiary/aromatic N) is 2. The molecule has 1 saturated heterocycles. The van der Waals surface area contributed by atoms with Gasteiger partial charge in [0.05, 0.1) is 16.8 Å². The first-order valence-electron chi connectivity index (χ1n) is 7.06. The standard InChI is InChI=1S/C15H15N3O2S/c1-15(9-6-7-9)13(19)18(14(20)17-15)8-12-16-10-4-2-3-5-11(10)21-12/h2-5,9H,6-8H2,1H3,(H,17,20)/t15-/m1/s1. The van der Waals surface area contributed by atoms with Gasteiger partial charge in [0.1, 0.15) is 10.5 Å². The van der Waals surface area contributed by atoms with Crippen LogP contribution in [0, 0.1) is 5.92 Å². The molecule has 1 atom stereocenters. The monoisotopic (exact) mass is 301 g/mol. The average Bonchev–Trinajstić information content (AvgIpc) is 3.20. The summed E-state index contributed by atoms with van der Waals surface area (Å²) in [5, 5.41) is 3.65. The van der Waals surface area contributed by atoms with Crippen molar-refractivity contribution in [1.82, 2.24) is 15.2 Å². The van der Waals surface area contributed by atoms with Crippen LogP contribution in [0.3, 0.4) is 0 Å². The third-order valence-corrected chi connectivity index (χ3v) is 5.35. The van der Waals surface area contributed by atoms with Gasteiger partial charge in [-0.3, -0.25) is 9.69 Å². The first-order chi connectivity index (χ1) is 10.1. The number of fused-ring (bicyclic) bond motifs is 1.